The van der Waals surface area contributed by atoms with Crippen molar-refractivity contribution in [3.05, 3.63) is 42.0 Å². The predicted octanol–water partition coefficient (Wildman–Crippen LogP) is 3.80. The van der Waals surface area contributed by atoms with Crippen molar-refractivity contribution < 1.29 is 23.0 Å². The molecule has 0 aliphatic carbocycles. The monoisotopic (exact) mass is 354 g/mol. The van der Waals surface area contributed by atoms with E-state index in [4.69, 9.17) is 26.4 Å². The summed E-state index contributed by atoms with van der Waals surface area (Å²) in [5.74, 6) is -0.0928. The molecule has 128 valence electrons. The Morgan fingerprint density at radius 3 is 2.04 bits per heavy atom. The molecule has 0 saturated carbocycles. The highest BCUT2D eigenvalue weighted by atomic mass is 32.1. The largest absolute Gasteiger partial charge is 0.493 e. The highest BCUT2D eigenvalue weighted by Crippen LogP contribution is 2.39. The zero-order valence-electron chi connectivity index (χ0n) is 13.3. The van der Waals surface area contributed by atoms with E-state index in [1.807, 2.05) is 0 Å². The van der Waals surface area contributed by atoms with Gasteiger partial charge < -0.3 is 24.8 Å². The van der Waals surface area contributed by atoms with Gasteiger partial charge in [0.2, 0.25) is 5.75 Å². The van der Waals surface area contributed by atoms with Crippen LogP contribution in [0.3, 0.4) is 0 Å². The Labute approximate surface area is 143 Å². The number of rotatable bonds is 5. The molecule has 24 heavy (non-hydrogen) atoms. The van der Waals surface area contributed by atoms with E-state index in [1.165, 1.54) is 27.4 Å². The predicted molar refractivity (Wildman–Crippen MR) is 92.3 cm³/mol. The lowest BCUT2D eigenvalue weighted by Gasteiger charge is -2.16. The zero-order valence-corrected chi connectivity index (χ0v) is 14.1. The van der Waals surface area contributed by atoms with Crippen LogP contribution in [0.1, 0.15) is 0 Å². The second-order valence-corrected chi connectivity index (χ2v) is 5.03. The molecule has 0 aromatic heterocycles. The average Bonchev–Trinajstić information content (AvgIpc) is 2.56. The number of benzene rings is 2. The van der Waals surface area contributed by atoms with E-state index >= 15 is 0 Å². The fourth-order valence-electron chi connectivity index (χ4n) is 2.03. The minimum Gasteiger partial charge on any atom is -0.493 e. The van der Waals surface area contributed by atoms with Gasteiger partial charge in [0.1, 0.15) is 11.6 Å². The van der Waals surface area contributed by atoms with Crippen LogP contribution in [0.25, 0.3) is 0 Å². The summed E-state index contributed by atoms with van der Waals surface area (Å²) in [6, 6.07) is 6.46. The van der Waals surface area contributed by atoms with Gasteiger partial charge in [-0.1, -0.05) is 0 Å². The zero-order chi connectivity index (χ0) is 17.7. The molecule has 0 aliphatic heterocycles. The molecular weight excluding hydrogens is 338 g/mol. The molecule has 8 heteroatoms. The number of ether oxygens (including phenoxy) is 3. The molecule has 2 aromatic rings. The Morgan fingerprint density at radius 1 is 0.917 bits per heavy atom. The van der Waals surface area contributed by atoms with Crippen LogP contribution in [0.15, 0.2) is 30.3 Å². The first kappa shape index (κ1) is 17.7. The second-order valence-electron chi connectivity index (χ2n) is 4.62. The smallest absolute Gasteiger partial charge is 0.203 e. The minimum absolute atomic E-state index is 0.0568. The Balaban J connectivity index is 2.19. The molecule has 0 fully saturated rings. The van der Waals surface area contributed by atoms with Gasteiger partial charge in [-0.25, -0.2) is 8.78 Å². The van der Waals surface area contributed by atoms with Gasteiger partial charge in [0.15, 0.2) is 16.6 Å². The Morgan fingerprint density at radius 2 is 1.54 bits per heavy atom. The van der Waals surface area contributed by atoms with Crippen LogP contribution in [-0.2, 0) is 0 Å². The van der Waals surface area contributed by atoms with Gasteiger partial charge in [0.05, 0.1) is 27.0 Å². The van der Waals surface area contributed by atoms with E-state index in [1.54, 1.807) is 12.1 Å². The van der Waals surface area contributed by atoms with E-state index in [-0.39, 0.29) is 10.8 Å². The number of anilines is 2. The van der Waals surface area contributed by atoms with Crippen molar-refractivity contribution in [2.24, 2.45) is 0 Å². The summed E-state index contributed by atoms with van der Waals surface area (Å²) < 4.78 is 42.3. The van der Waals surface area contributed by atoms with Crippen molar-refractivity contribution in [3.63, 3.8) is 0 Å². The fraction of sp³-hybridized carbons (Fsp3) is 0.188. The summed E-state index contributed by atoms with van der Waals surface area (Å²) in [6.07, 6.45) is 0. The number of thiocarbonyl (C=S) groups is 1. The number of halogens is 2. The molecule has 0 amide bonds. The fourth-order valence-corrected chi connectivity index (χ4v) is 2.26. The van der Waals surface area contributed by atoms with Gasteiger partial charge in [-0.2, -0.15) is 0 Å². The molecule has 0 saturated heterocycles. The minimum atomic E-state index is -0.746. The molecule has 2 aromatic carbocycles. The molecule has 5 nitrogen and oxygen atoms in total. The van der Waals surface area contributed by atoms with Crippen molar-refractivity contribution >= 4 is 28.7 Å². The highest BCUT2D eigenvalue weighted by Gasteiger charge is 2.14. The number of hydrogen-bond donors (Lipinski definition) is 2. The lowest BCUT2D eigenvalue weighted by Crippen LogP contribution is -2.20. The Bertz CT molecular complexity index is 731. The first-order valence-corrected chi connectivity index (χ1v) is 7.22. The second kappa shape index (κ2) is 7.78. The summed E-state index contributed by atoms with van der Waals surface area (Å²) in [5, 5.41) is 5.65. The third-order valence-electron chi connectivity index (χ3n) is 3.10. The van der Waals surface area contributed by atoms with Crippen LogP contribution in [-0.4, -0.2) is 26.4 Å². The van der Waals surface area contributed by atoms with Crippen molar-refractivity contribution in [1.82, 2.24) is 0 Å². The molecule has 0 radical (unpaired) electrons. The third kappa shape index (κ3) is 4.02. The maximum absolute atomic E-state index is 13.6. The van der Waals surface area contributed by atoms with Gasteiger partial charge in [0, 0.05) is 23.9 Å². The maximum atomic E-state index is 13.6. The first-order chi connectivity index (χ1) is 11.5. The molecule has 0 bridgehead atoms. The van der Waals surface area contributed by atoms with E-state index in [0.717, 1.165) is 12.1 Å². The van der Waals surface area contributed by atoms with Gasteiger partial charge in [-0.05, 0) is 24.4 Å². The molecule has 0 spiro atoms. The average molecular weight is 354 g/mol. The van der Waals surface area contributed by atoms with E-state index in [9.17, 15) is 8.78 Å². The molecular formula is C16H16F2N2O3S. The molecule has 2 rings (SSSR count). The van der Waals surface area contributed by atoms with E-state index in [0.29, 0.717) is 22.9 Å². The van der Waals surface area contributed by atoms with Crippen molar-refractivity contribution in [2.45, 2.75) is 0 Å². The SMILES string of the molecule is COc1cc(NC(=S)Nc2ccc(F)cc2F)cc(OC)c1OC. The lowest BCUT2D eigenvalue weighted by atomic mass is 10.2. The van der Waals surface area contributed by atoms with Gasteiger partial charge >= 0.3 is 0 Å². The van der Waals surface area contributed by atoms with Crippen LogP contribution in [0.4, 0.5) is 20.2 Å². The Hall–Kier alpha value is -2.61. The molecule has 0 aliphatic rings. The first-order valence-electron chi connectivity index (χ1n) is 6.81. The van der Waals surface area contributed by atoms with E-state index < -0.39 is 11.6 Å². The van der Waals surface area contributed by atoms with Crippen LogP contribution >= 0.6 is 12.2 Å². The van der Waals surface area contributed by atoms with Gasteiger partial charge in [-0.3, -0.25) is 0 Å². The summed E-state index contributed by atoms with van der Waals surface area (Å²) in [7, 11) is 4.48. The molecule has 2 N–H and O–H groups in total. The standard InChI is InChI=1S/C16H16F2N2O3S/c1-21-13-7-10(8-14(22-2)15(13)23-3)19-16(24)20-12-5-4-9(17)6-11(12)18/h4-8H,1-3H3,(H2,19,20,24). The van der Waals surface area contributed by atoms with Crippen LogP contribution in [0.5, 0.6) is 17.2 Å². The quantitative estimate of drug-likeness (QED) is 0.797. The molecule has 0 atom stereocenters. The third-order valence-corrected chi connectivity index (χ3v) is 3.31. The van der Waals surface area contributed by atoms with Gasteiger partial charge in [-0.15, -0.1) is 0 Å². The summed E-state index contributed by atoms with van der Waals surface area (Å²) in [4.78, 5) is 0. The molecule has 0 unspecified atom stereocenters. The Kier molecular flexibility index (Phi) is 5.75. The summed E-state index contributed by atoms with van der Waals surface area (Å²) in [5.41, 5.74) is 0.603. The summed E-state index contributed by atoms with van der Waals surface area (Å²) >= 11 is 5.14. The molecule has 0 heterocycles. The van der Waals surface area contributed by atoms with Crippen molar-refractivity contribution in [1.29, 1.82) is 0 Å². The highest BCUT2D eigenvalue weighted by molar-refractivity contribution is 7.80. The lowest BCUT2D eigenvalue weighted by molar-refractivity contribution is 0.324. The van der Waals surface area contributed by atoms with Crippen molar-refractivity contribution in [3.8, 4) is 17.2 Å². The van der Waals surface area contributed by atoms with Gasteiger partial charge in [0.25, 0.3) is 0 Å². The maximum Gasteiger partial charge on any atom is 0.203 e. The summed E-state index contributed by atoms with van der Waals surface area (Å²) in [6.45, 7) is 0. The number of nitrogens with one attached hydrogen (secondary N) is 2. The topological polar surface area (TPSA) is 51.8 Å². The van der Waals surface area contributed by atoms with Crippen LogP contribution in [0.2, 0.25) is 0 Å². The normalized spacial score (nSPS) is 10.0. The number of hydrogen-bond acceptors (Lipinski definition) is 4. The van der Waals surface area contributed by atoms with Crippen LogP contribution in [0, 0.1) is 11.6 Å². The van der Waals surface area contributed by atoms with Crippen molar-refractivity contribution in [2.75, 3.05) is 32.0 Å². The van der Waals surface area contributed by atoms with E-state index in [2.05, 4.69) is 10.6 Å². The number of methoxy groups -OCH3 is 3. The van der Waals surface area contributed by atoms with Crippen LogP contribution < -0.4 is 24.8 Å².